The number of halogens is 2. The molecule has 0 atom stereocenters. The lowest BCUT2D eigenvalue weighted by molar-refractivity contribution is 0.0668. The Hall–Kier alpha value is -1.70. The molecule has 1 heterocycles. The summed E-state index contributed by atoms with van der Waals surface area (Å²) in [5, 5.41) is 6.42. The van der Waals surface area contributed by atoms with Crippen LogP contribution in [0.2, 0.25) is 0 Å². The zero-order chi connectivity index (χ0) is 18.1. The van der Waals surface area contributed by atoms with Crippen LogP contribution in [-0.2, 0) is 11.3 Å². The molecule has 1 fully saturated rings. The van der Waals surface area contributed by atoms with E-state index in [1.165, 1.54) is 38.1 Å². The normalized spacial score (nSPS) is 17.2. The quantitative estimate of drug-likeness (QED) is 0.405. The molecule has 0 radical (unpaired) electrons. The number of imidazole rings is 1. The minimum atomic E-state index is -2.59. The summed E-state index contributed by atoms with van der Waals surface area (Å²) >= 11 is 0. The molecule has 0 aromatic carbocycles. The van der Waals surface area contributed by atoms with Crippen LogP contribution in [0.15, 0.2) is 17.4 Å². The number of hydrogen-bond acceptors (Lipinski definition) is 3. The van der Waals surface area contributed by atoms with Gasteiger partial charge >= 0.3 is 6.55 Å². The van der Waals surface area contributed by atoms with E-state index in [9.17, 15) is 8.78 Å². The Bertz CT molecular complexity index is 541. The molecule has 1 aliphatic rings. The largest absolute Gasteiger partial charge is 0.382 e. The summed E-state index contributed by atoms with van der Waals surface area (Å²) in [6, 6.07) is 0. The van der Waals surface area contributed by atoms with Crippen LogP contribution in [0.5, 0.6) is 0 Å². The lowest BCUT2D eigenvalue weighted by Gasteiger charge is -2.30. The van der Waals surface area contributed by atoms with Crippen molar-refractivity contribution in [3.63, 3.8) is 0 Å². The van der Waals surface area contributed by atoms with E-state index < -0.39 is 6.55 Å². The second kappa shape index (κ2) is 9.70. The first-order valence-corrected chi connectivity index (χ1v) is 8.92. The van der Waals surface area contributed by atoms with Gasteiger partial charge in [-0.2, -0.15) is 8.78 Å². The van der Waals surface area contributed by atoms with Crippen molar-refractivity contribution in [2.45, 2.75) is 52.1 Å². The summed E-state index contributed by atoms with van der Waals surface area (Å²) in [4.78, 5) is 8.16. The number of hydrogen-bond donors (Lipinski definition) is 2. The number of rotatable bonds is 9. The Balaban J connectivity index is 1.85. The van der Waals surface area contributed by atoms with Crippen LogP contribution >= 0.6 is 0 Å². The average Bonchev–Trinajstić information content (AvgIpc) is 3.25. The maximum absolute atomic E-state index is 12.9. The molecule has 0 spiro atoms. The van der Waals surface area contributed by atoms with Crippen LogP contribution in [0.4, 0.5) is 8.78 Å². The number of alkyl halides is 2. The molecule has 25 heavy (non-hydrogen) atoms. The minimum Gasteiger partial charge on any atom is -0.382 e. The topological polar surface area (TPSA) is 63.5 Å². The molecule has 6 nitrogen and oxygen atoms in total. The third-order valence-corrected chi connectivity index (χ3v) is 4.87. The van der Waals surface area contributed by atoms with Crippen molar-refractivity contribution in [2.75, 3.05) is 26.8 Å². The molecule has 0 unspecified atom stereocenters. The maximum Gasteiger partial charge on any atom is 0.319 e. The molecule has 1 aliphatic carbocycles. The summed E-state index contributed by atoms with van der Waals surface area (Å²) in [7, 11) is 1.68. The van der Waals surface area contributed by atoms with Gasteiger partial charge < -0.3 is 15.4 Å². The van der Waals surface area contributed by atoms with E-state index >= 15 is 0 Å². The first-order valence-electron chi connectivity index (χ1n) is 8.92. The molecule has 0 aliphatic heterocycles. The van der Waals surface area contributed by atoms with Gasteiger partial charge in [-0.15, -0.1) is 0 Å². The first-order chi connectivity index (χ1) is 12.1. The highest BCUT2D eigenvalue weighted by atomic mass is 19.3. The van der Waals surface area contributed by atoms with Crippen molar-refractivity contribution >= 4 is 5.96 Å². The fraction of sp³-hybridized carbons (Fsp3) is 0.765. The number of aliphatic imine (C=N–C) groups is 1. The molecule has 2 rings (SSSR count). The van der Waals surface area contributed by atoms with Crippen molar-refractivity contribution in [1.82, 2.24) is 20.2 Å². The van der Waals surface area contributed by atoms with Gasteiger partial charge in [0.15, 0.2) is 5.96 Å². The fourth-order valence-corrected chi connectivity index (χ4v) is 3.39. The van der Waals surface area contributed by atoms with Crippen LogP contribution in [0.25, 0.3) is 0 Å². The third kappa shape index (κ3) is 5.66. The van der Waals surface area contributed by atoms with Gasteiger partial charge in [-0.05, 0) is 31.6 Å². The van der Waals surface area contributed by atoms with Crippen LogP contribution in [0, 0.1) is 5.41 Å². The van der Waals surface area contributed by atoms with Crippen molar-refractivity contribution in [3.05, 3.63) is 18.2 Å². The molecule has 0 saturated heterocycles. The average molecular weight is 357 g/mol. The molecule has 1 aromatic heterocycles. The molecule has 0 bridgehead atoms. The number of guanidine groups is 1. The number of ether oxygens (including phenoxy) is 1. The Morgan fingerprint density at radius 3 is 2.80 bits per heavy atom. The molecule has 8 heteroatoms. The molecule has 142 valence electrons. The highest BCUT2D eigenvalue weighted by Crippen LogP contribution is 2.40. The Morgan fingerprint density at radius 2 is 2.16 bits per heavy atom. The van der Waals surface area contributed by atoms with Gasteiger partial charge in [0.1, 0.15) is 5.82 Å². The highest BCUT2D eigenvalue weighted by Gasteiger charge is 2.33. The zero-order valence-corrected chi connectivity index (χ0v) is 15.1. The Labute approximate surface area is 148 Å². The Kier molecular flexibility index (Phi) is 7.61. The minimum absolute atomic E-state index is 0.197. The second-order valence-electron chi connectivity index (χ2n) is 6.46. The standard InChI is InChI=1S/C17H29F2N5O/c1-3-25-11-8-17(6-4-5-7-17)13-23-16(20-2)22-12-14-21-9-10-24(14)15(18)19/h9-10,15H,3-8,11-13H2,1-2H3,(H2,20,22,23). The fourth-order valence-electron chi connectivity index (χ4n) is 3.39. The first kappa shape index (κ1) is 19.6. The van der Waals surface area contributed by atoms with E-state index in [-0.39, 0.29) is 17.8 Å². The predicted octanol–water partition coefficient (Wildman–Crippen LogP) is 2.93. The van der Waals surface area contributed by atoms with E-state index in [1.807, 2.05) is 6.92 Å². The van der Waals surface area contributed by atoms with Gasteiger partial charge in [0.2, 0.25) is 0 Å². The smallest absolute Gasteiger partial charge is 0.319 e. The van der Waals surface area contributed by atoms with Crippen LogP contribution in [0.1, 0.15) is 51.4 Å². The lowest BCUT2D eigenvalue weighted by Crippen LogP contribution is -2.43. The van der Waals surface area contributed by atoms with Crippen molar-refractivity contribution < 1.29 is 13.5 Å². The van der Waals surface area contributed by atoms with Crippen molar-refractivity contribution in [3.8, 4) is 0 Å². The number of nitrogens with one attached hydrogen (secondary N) is 2. The summed E-state index contributed by atoms with van der Waals surface area (Å²) in [6.45, 7) is 1.94. The summed E-state index contributed by atoms with van der Waals surface area (Å²) < 4.78 is 32.1. The number of nitrogens with zero attached hydrogens (tertiary/aromatic N) is 3. The number of aromatic nitrogens is 2. The summed E-state index contributed by atoms with van der Waals surface area (Å²) in [5.74, 6) is 0.886. The van der Waals surface area contributed by atoms with Crippen LogP contribution in [-0.4, -0.2) is 42.3 Å². The van der Waals surface area contributed by atoms with Gasteiger partial charge in [0.05, 0.1) is 6.54 Å². The van der Waals surface area contributed by atoms with Gasteiger partial charge in [-0.1, -0.05) is 12.8 Å². The molecular weight excluding hydrogens is 328 g/mol. The van der Waals surface area contributed by atoms with Gasteiger partial charge in [-0.25, -0.2) is 4.98 Å². The van der Waals surface area contributed by atoms with Crippen molar-refractivity contribution in [1.29, 1.82) is 0 Å². The molecular formula is C17H29F2N5O. The maximum atomic E-state index is 12.9. The molecule has 1 aromatic rings. The summed E-state index contributed by atoms with van der Waals surface area (Å²) in [5.41, 5.74) is 0.230. The SMILES string of the molecule is CCOCCC1(CNC(=NC)NCc2nccn2C(F)F)CCCC1. The zero-order valence-electron chi connectivity index (χ0n) is 15.1. The monoisotopic (exact) mass is 357 g/mol. The van der Waals surface area contributed by atoms with E-state index in [0.717, 1.165) is 30.7 Å². The predicted molar refractivity (Wildman–Crippen MR) is 93.7 cm³/mol. The van der Waals surface area contributed by atoms with Crippen molar-refractivity contribution in [2.24, 2.45) is 10.4 Å². The molecule has 2 N–H and O–H groups in total. The second-order valence-corrected chi connectivity index (χ2v) is 6.46. The van der Waals surface area contributed by atoms with Crippen LogP contribution < -0.4 is 10.6 Å². The van der Waals surface area contributed by atoms with Gasteiger partial charge in [0.25, 0.3) is 0 Å². The van der Waals surface area contributed by atoms with E-state index in [1.54, 1.807) is 7.05 Å². The third-order valence-electron chi connectivity index (χ3n) is 4.87. The summed E-state index contributed by atoms with van der Waals surface area (Å²) in [6.07, 6.45) is 8.53. The van der Waals surface area contributed by atoms with Gasteiger partial charge in [-0.3, -0.25) is 9.56 Å². The highest BCUT2D eigenvalue weighted by molar-refractivity contribution is 5.79. The van der Waals surface area contributed by atoms with E-state index in [0.29, 0.717) is 5.96 Å². The van der Waals surface area contributed by atoms with E-state index in [2.05, 4.69) is 20.6 Å². The van der Waals surface area contributed by atoms with E-state index in [4.69, 9.17) is 4.74 Å². The van der Waals surface area contributed by atoms with Crippen LogP contribution in [0.3, 0.4) is 0 Å². The molecule has 1 saturated carbocycles. The Morgan fingerprint density at radius 1 is 1.40 bits per heavy atom. The lowest BCUT2D eigenvalue weighted by atomic mass is 9.83. The molecule has 0 amide bonds. The van der Waals surface area contributed by atoms with Gasteiger partial charge in [0, 0.05) is 39.2 Å².